The Morgan fingerprint density at radius 2 is 2.44 bits per heavy atom. The molecule has 1 aromatic rings. The fourth-order valence-corrected chi connectivity index (χ4v) is 2.25. The van der Waals surface area contributed by atoms with Gasteiger partial charge in [-0.25, -0.2) is 0 Å². The number of hydrogen-bond acceptors (Lipinski definition) is 4. The Morgan fingerprint density at radius 1 is 1.61 bits per heavy atom. The second kappa shape index (κ2) is 6.05. The molecule has 0 aliphatic carbocycles. The van der Waals surface area contributed by atoms with E-state index < -0.39 is 0 Å². The number of methoxy groups -OCH3 is 1. The molecule has 96 valence electrons. The van der Waals surface area contributed by atoms with Crippen LogP contribution in [0.1, 0.15) is 5.56 Å². The lowest BCUT2D eigenvalue weighted by Crippen LogP contribution is -2.44. The standard InChI is InChI=1S/C13H15ClN2O2/c1-17-9-12-8-16(4-5-18-12)11-3-2-10(7-15)13(14)6-11/h2-3,6,12H,4-5,8-9H2,1H3/t12-/m1/s1. The first-order valence-electron chi connectivity index (χ1n) is 5.79. The summed E-state index contributed by atoms with van der Waals surface area (Å²) in [4.78, 5) is 2.19. The van der Waals surface area contributed by atoms with Crippen molar-refractivity contribution in [3.05, 3.63) is 28.8 Å². The van der Waals surface area contributed by atoms with E-state index in [0.717, 1.165) is 18.8 Å². The van der Waals surface area contributed by atoms with Gasteiger partial charge >= 0.3 is 0 Å². The van der Waals surface area contributed by atoms with Crippen LogP contribution in [-0.2, 0) is 9.47 Å². The van der Waals surface area contributed by atoms with E-state index in [4.69, 9.17) is 26.3 Å². The molecule has 0 radical (unpaired) electrons. The molecule has 1 aliphatic heterocycles. The molecule has 1 aliphatic rings. The summed E-state index contributed by atoms with van der Waals surface area (Å²) >= 11 is 6.04. The summed E-state index contributed by atoms with van der Waals surface area (Å²) in [5.74, 6) is 0. The Hall–Kier alpha value is -1.28. The first-order valence-corrected chi connectivity index (χ1v) is 6.17. The van der Waals surface area contributed by atoms with Gasteiger partial charge in [0.2, 0.25) is 0 Å². The number of anilines is 1. The van der Waals surface area contributed by atoms with Crippen molar-refractivity contribution in [1.29, 1.82) is 5.26 Å². The fraction of sp³-hybridized carbons (Fsp3) is 0.462. The highest BCUT2D eigenvalue weighted by Crippen LogP contribution is 2.24. The summed E-state index contributed by atoms with van der Waals surface area (Å²) in [7, 11) is 1.67. The third kappa shape index (κ3) is 2.94. The molecule has 0 aromatic heterocycles. The maximum Gasteiger partial charge on any atom is 0.101 e. The van der Waals surface area contributed by atoms with Crippen molar-refractivity contribution < 1.29 is 9.47 Å². The van der Waals surface area contributed by atoms with E-state index >= 15 is 0 Å². The molecule has 1 heterocycles. The van der Waals surface area contributed by atoms with Crippen LogP contribution < -0.4 is 4.90 Å². The molecular weight excluding hydrogens is 252 g/mol. The third-order valence-electron chi connectivity index (χ3n) is 2.93. The third-order valence-corrected chi connectivity index (χ3v) is 3.24. The van der Waals surface area contributed by atoms with Crippen LogP contribution in [0.15, 0.2) is 18.2 Å². The molecule has 0 bridgehead atoms. The largest absolute Gasteiger partial charge is 0.382 e. The molecule has 2 rings (SSSR count). The van der Waals surface area contributed by atoms with Gasteiger partial charge in [-0.1, -0.05) is 11.6 Å². The van der Waals surface area contributed by atoms with Gasteiger partial charge in [0.05, 0.1) is 29.9 Å². The molecule has 5 heteroatoms. The molecule has 0 unspecified atom stereocenters. The highest BCUT2D eigenvalue weighted by Gasteiger charge is 2.20. The van der Waals surface area contributed by atoms with Gasteiger partial charge < -0.3 is 14.4 Å². The topological polar surface area (TPSA) is 45.5 Å². The van der Waals surface area contributed by atoms with E-state index in [2.05, 4.69) is 11.0 Å². The Morgan fingerprint density at radius 3 is 3.11 bits per heavy atom. The molecule has 0 amide bonds. The minimum atomic E-state index is 0.0816. The van der Waals surface area contributed by atoms with E-state index in [-0.39, 0.29) is 6.10 Å². The zero-order valence-corrected chi connectivity index (χ0v) is 11.0. The van der Waals surface area contributed by atoms with Gasteiger partial charge in [0.15, 0.2) is 0 Å². The maximum atomic E-state index is 8.85. The van der Waals surface area contributed by atoms with Crippen LogP contribution in [0.3, 0.4) is 0 Å². The van der Waals surface area contributed by atoms with Crippen LogP contribution in [0, 0.1) is 11.3 Å². The number of morpholine rings is 1. The molecule has 4 nitrogen and oxygen atoms in total. The lowest BCUT2D eigenvalue weighted by Gasteiger charge is -2.34. The van der Waals surface area contributed by atoms with E-state index in [1.807, 2.05) is 12.1 Å². The van der Waals surface area contributed by atoms with Crippen LogP contribution in [0.5, 0.6) is 0 Å². The van der Waals surface area contributed by atoms with Crippen molar-refractivity contribution in [3.63, 3.8) is 0 Å². The molecule has 18 heavy (non-hydrogen) atoms. The monoisotopic (exact) mass is 266 g/mol. The van der Waals surface area contributed by atoms with Crippen molar-refractivity contribution in [2.75, 3.05) is 38.3 Å². The van der Waals surface area contributed by atoms with Gasteiger partial charge in [-0.3, -0.25) is 0 Å². The van der Waals surface area contributed by atoms with Gasteiger partial charge in [0, 0.05) is 25.9 Å². The molecule has 0 N–H and O–H groups in total. The van der Waals surface area contributed by atoms with Crippen LogP contribution >= 0.6 is 11.6 Å². The van der Waals surface area contributed by atoms with Gasteiger partial charge in [0.25, 0.3) is 0 Å². The van der Waals surface area contributed by atoms with Gasteiger partial charge in [0.1, 0.15) is 6.07 Å². The normalized spacial score (nSPS) is 19.6. The molecular formula is C13H15ClN2O2. The first kappa shape index (κ1) is 13.2. The van der Waals surface area contributed by atoms with Gasteiger partial charge in [-0.05, 0) is 18.2 Å². The van der Waals surface area contributed by atoms with Crippen LogP contribution in [-0.4, -0.2) is 39.5 Å². The lowest BCUT2D eigenvalue weighted by atomic mass is 10.2. The highest BCUT2D eigenvalue weighted by molar-refractivity contribution is 6.32. The summed E-state index contributed by atoms with van der Waals surface area (Å²) < 4.78 is 10.7. The smallest absolute Gasteiger partial charge is 0.101 e. The number of halogens is 1. The minimum Gasteiger partial charge on any atom is -0.382 e. The summed E-state index contributed by atoms with van der Waals surface area (Å²) in [5, 5.41) is 9.34. The predicted octanol–water partition coefficient (Wildman–Crippen LogP) is 2.06. The van der Waals surface area contributed by atoms with Crippen LogP contribution in [0.25, 0.3) is 0 Å². The summed E-state index contributed by atoms with van der Waals surface area (Å²) in [6, 6.07) is 7.55. The number of benzene rings is 1. The second-order valence-electron chi connectivity index (χ2n) is 4.17. The second-order valence-corrected chi connectivity index (χ2v) is 4.58. The average Bonchev–Trinajstić information content (AvgIpc) is 2.39. The fourth-order valence-electron chi connectivity index (χ4n) is 2.03. The molecule has 0 spiro atoms. The molecule has 1 atom stereocenters. The zero-order valence-electron chi connectivity index (χ0n) is 10.2. The van der Waals surface area contributed by atoms with Crippen molar-refractivity contribution in [3.8, 4) is 6.07 Å². The molecule has 1 aromatic carbocycles. The summed E-state index contributed by atoms with van der Waals surface area (Å²) in [6.07, 6.45) is 0.0816. The molecule has 1 fully saturated rings. The number of hydrogen-bond donors (Lipinski definition) is 0. The van der Waals surface area contributed by atoms with Crippen molar-refractivity contribution in [2.45, 2.75) is 6.10 Å². The quantitative estimate of drug-likeness (QED) is 0.840. The Bertz CT molecular complexity index is 457. The SMILES string of the molecule is COC[C@H]1CN(c2ccc(C#N)c(Cl)c2)CCO1. The summed E-state index contributed by atoms with van der Waals surface area (Å²) in [5.41, 5.74) is 1.52. The highest BCUT2D eigenvalue weighted by atomic mass is 35.5. The average molecular weight is 267 g/mol. The first-order chi connectivity index (χ1) is 8.74. The molecule has 0 saturated carbocycles. The lowest BCUT2D eigenvalue weighted by molar-refractivity contribution is -0.0100. The Balaban J connectivity index is 2.11. The minimum absolute atomic E-state index is 0.0816. The number of ether oxygens (including phenoxy) is 2. The maximum absolute atomic E-state index is 8.85. The van der Waals surface area contributed by atoms with E-state index in [0.29, 0.717) is 23.8 Å². The number of rotatable bonds is 3. The van der Waals surface area contributed by atoms with E-state index in [1.165, 1.54) is 0 Å². The zero-order chi connectivity index (χ0) is 13.0. The van der Waals surface area contributed by atoms with Crippen LogP contribution in [0.4, 0.5) is 5.69 Å². The predicted molar refractivity (Wildman–Crippen MR) is 70.0 cm³/mol. The van der Waals surface area contributed by atoms with Gasteiger partial charge in [-0.15, -0.1) is 0 Å². The van der Waals surface area contributed by atoms with E-state index in [1.54, 1.807) is 13.2 Å². The van der Waals surface area contributed by atoms with Crippen molar-refractivity contribution in [2.24, 2.45) is 0 Å². The Kier molecular flexibility index (Phi) is 4.43. The van der Waals surface area contributed by atoms with Crippen LogP contribution in [0.2, 0.25) is 5.02 Å². The number of nitriles is 1. The molecule has 1 saturated heterocycles. The van der Waals surface area contributed by atoms with E-state index in [9.17, 15) is 0 Å². The van der Waals surface area contributed by atoms with Gasteiger partial charge in [-0.2, -0.15) is 5.26 Å². The summed E-state index contributed by atoms with van der Waals surface area (Å²) in [6.45, 7) is 2.85. The van der Waals surface area contributed by atoms with Crippen molar-refractivity contribution >= 4 is 17.3 Å². The number of nitrogens with zero attached hydrogens (tertiary/aromatic N) is 2. The Labute approximate surface area is 112 Å². The van der Waals surface area contributed by atoms with Crippen molar-refractivity contribution in [1.82, 2.24) is 0 Å².